The van der Waals surface area contributed by atoms with Gasteiger partial charge in [0.05, 0.1) is 0 Å². The lowest BCUT2D eigenvalue weighted by molar-refractivity contribution is 0.130. The van der Waals surface area contributed by atoms with Crippen LogP contribution in [-0.2, 0) is 17.6 Å². The first-order valence-corrected chi connectivity index (χ1v) is 8.89. The number of benzene rings is 2. The Kier molecular flexibility index (Phi) is 7.48. The van der Waals surface area contributed by atoms with Gasteiger partial charge >= 0.3 is 0 Å². The first kappa shape index (κ1) is 16.7. The summed E-state index contributed by atoms with van der Waals surface area (Å²) in [5.41, 5.74) is 2.74. The first-order chi connectivity index (χ1) is 10.2. The van der Waals surface area contributed by atoms with Gasteiger partial charge < -0.3 is 4.74 Å². The molecule has 112 valence electrons. The van der Waals surface area contributed by atoms with E-state index in [0.29, 0.717) is 0 Å². The van der Waals surface area contributed by atoms with E-state index < -0.39 is 0 Å². The average Bonchev–Trinajstić information content (AvgIpc) is 2.50. The van der Waals surface area contributed by atoms with Crippen molar-refractivity contribution in [1.29, 1.82) is 0 Å². The monoisotopic (exact) mass is 410 g/mol. The van der Waals surface area contributed by atoms with Crippen molar-refractivity contribution in [3.8, 4) is 0 Å². The molecule has 0 aromatic heterocycles. The van der Waals surface area contributed by atoms with Crippen LogP contribution in [0.1, 0.15) is 24.0 Å². The summed E-state index contributed by atoms with van der Waals surface area (Å²) < 4.78 is 7.98. The van der Waals surface area contributed by atoms with E-state index in [4.69, 9.17) is 4.74 Å². The van der Waals surface area contributed by atoms with Crippen LogP contribution in [0.3, 0.4) is 0 Å². The minimum Gasteiger partial charge on any atom is -0.381 e. The van der Waals surface area contributed by atoms with E-state index in [2.05, 4.69) is 80.4 Å². The van der Waals surface area contributed by atoms with Crippen LogP contribution in [0.5, 0.6) is 0 Å². The number of hydrogen-bond acceptors (Lipinski definition) is 1. The normalized spacial score (nSPS) is 10.8. The van der Waals surface area contributed by atoms with Gasteiger partial charge in [-0.1, -0.05) is 56.1 Å². The zero-order valence-electron chi connectivity index (χ0n) is 12.0. The number of hydrogen-bond donors (Lipinski definition) is 0. The zero-order valence-corrected chi connectivity index (χ0v) is 15.2. The number of aryl methyl sites for hydroxylation is 2. The molecular weight excluding hydrogens is 392 g/mol. The second-order valence-corrected chi connectivity index (χ2v) is 6.90. The van der Waals surface area contributed by atoms with E-state index in [0.717, 1.165) is 47.8 Å². The van der Waals surface area contributed by atoms with E-state index >= 15 is 0 Å². The van der Waals surface area contributed by atoms with Gasteiger partial charge in [-0.15, -0.1) is 0 Å². The molecule has 0 atom stereocenters. The molecule has 0 radical (unpaired) electrons. The number of halogens is 2. The summed E-state index contributed by atoms with van der Waals surface area (Å²) in [7, 11) is 0. The van der Waals surface area contributed by atoms with Crippen LogP contribution in [0.25, 0.3) is 0 Å². The highest BCUT2D eigenvalue weighted by Crippen LogP contribution is 2.13. The Morgan fingerprint density at radius 1 is 0.619 bits per heavy atom. The first-order valence-electron chi connectivity index (χ1n) is 7.31. The Morgan fingerprint density at radius 2 is 1.00 bits per heavy atom. The molecule has 2 aromatic carbocycles. The smallest absolute Gasteiger partial charge is 0.0469 e. The third kappa shape index (κ3) is 6.77. The lowest BCUT2D eigenvalue weighted by Crippen LogP contribution is -2.00. The Morgan fingerprint density at radius 3 is 1.38 bits per heavy atom. The van der Waals surface area contributed by atoms with Crippen LogP contribution in [0.15, 0.2) is 57.5 Å². The third-order valence-corrected chi connectivity index (χ3v) is 4.39. The van der Waals surface area contributed by atoms with Crippen molar-refractivity contribution in [3.05, 3.63) is 68.6 Å². The van der Waals surface area contributed by atoms with Gasteiger partial charge in [0.2, 0.25) is 0 Å². The van der Waals surface area contributed by atoms with E-state index in [1.54, 1.807) is 0 Å². The van der Waals surface area contributed by atoms with Crippen molar-refractivity contribution in [3.63, 3.8) is 0 Å². The summed E-state index contributed by atoms with van der Waals surface area (Å²) in [5.74, 6) is 0. The maximum atomic E-state index is 5.71. The predicted octanol–water partition coefficient (Wildman–Crippen LogP) is 5.79. The molecule has 0 saturated carbocycles. The summed E-state index contributed by atoms with van der Waals surface area (Å²) in [4.78, 5) is 0. The van der Waals surface area contributed by atoms with Gasteiger partial charge in [-0.3, -0.25) is 0 Å². The maximum Gasteiger partial charge on any atom is 0.0469 e. The van der Waals surface area contributed by atoms with Gasteiger partial charge in [-0.25, -0.2) is 0 Å². The Hall–Kier alpha value is -0.640. The highest BCUT2D eigenvalue weighted by atomic mass is 79.9. The van der Waals surface area contributed by atoms with Gasteiger partial charge in [0.1, 0.15) is 0 Å². The molecular formula is C18H20Br2O. The van der Waals surface area contributed by atoms with Gasteiger partial charge in [0.25, 0.3) is 0 Å². The van der Waals surface area contributed by atoms with Crippen LogP contribution in [0.4, 0.5) is 0 Å². The van der Waals surface area contributed by atoms with E-state index in [9.17, 15) is 0 Å². The van der Waals surface area contributed by atoms with Gasteiger partial charge in [0, 0.05) is 22.2 Å². The molecule has 0 aliphatic carbocycles. The molecule has 0 N–H and O–H groups in total. The summed E-state index contributed by atoms with van der Waals surface area (Å²) in [6.07, 6.45) is 4.33. The number of ether oxygens (including phenoxy) is 1. The molecule has 0 saturated heterocycles. The fraction of sp³-hybridized carbons (Fsp3) is 0.333. The SMILES string of the molecule is Brc1ccc(CCCOCCCc2ccc(Br)cc2)cc1. The lowest BCUT2D eigenvalue weighted by atomic mass is 10.1. The molecule has 0 aliphatic heterocycles. The predicted molar refractivity (Wildman–Crippen MR) is 95.7 cm³/mol. The molecule has 2 aromatic rings. The van der Waals surface area contributed by atoms with Crippen LogP contribution in [0, 0.1) is 0 Å². The lowest BCUT2D eigenvalue weighted by Gasteiger charge is -2.05. The molecule has 0 fully saturated rings. The molecule has 0 amide bonds. The molecule has 0 aliphatic rings. The topological polar surface area (TPSA) is 9.23 Å². The van der Waals surface area contributed by atoms with Crippen LogP contribution >= 0.6 is 31.9 Å². The Bertz CT molecular complexity index is 470. The second-order valence-electron chi connectivity index (χ2n) is 5.07. The maximum absolute atomic E-state index is 5.71. The molecule has 21 heavy (non-hydrogen) atoms. The molecule has 0 spiro atoms. The zero-order chi connectivity index (χ0) is 14.9. The standard InChI is InChI=1S/C18H20Br2O/c19-17-9-5-15(6-10-17)3-1-13-21-14-2-4-16-7-11-18(20)12-8-16/h5-12H,1-4,13-14H2. The highest BCUT2D eigenvalue weighted by molar-refractivity contribution is 9.10. The summed E-state index contributed by atoms with van der Waals surface area (Å²) in [5, 5.41) is 0. The molecule has 3 heteroatoms. The second kappa shape index (κ2) is 9.39. The van der Waals surface area contributed by atoms with Crippen molar-refractivity contribution >= 4 is 31.9 Å². The largest absolute Gasteiger partial charge is 0.381 e. The molecule has 2 rings (SSSR count). The minimum absolute atomic E-state index is 0.844. The van der Waals surface area contributed by atoms with E-state index in [1.807, 2.05) is 0 Å². The van der Waals surface area contributed by atoms with Crippen molar-refractivity contribution in [2.45, 2.75) is 25.7 Å². The minimum atomic E-state index is 0.844. The molecule has 1 nitrogen and oxygen atoms in total. The summed E-state index contributed by atoms with van der Waals surface area (Å²) >= 11 is 6.90. The Labute approximate surface area is 144 Å². The van der Waals surface area contributed by atoms with Gasteiger partial charge in [0.15, 0.2) is 0 Å². The highest BCUT2D eigenvalue weighted by Gasteiger charge is 1.96. The quantitative estimate of drug-likeness (QED) is 0.499. The van der Waals surface area contributed by atoms with E-state index in [1.165, 1.54) is 11.1 Å². The third-order valence-electron chi connectivity index (χ3n) is 3.33. The van der Waals surface area contributed by atoms with Gasteiger partial charge in [-0.05, 0) is 61.1 Å². The van der Waals surface area contributed by atoms with Crippen molar-refractivity contribution in [2.24, 2.45) is 0 Å². The van der Waals surface area contributed by atoms with Crippen LogP contribution in [0.2, 0.25) is 0 Å². The van der Waals surface area contributed by atoms with Gasteiger partial charge in [-0.2, -0.15) is 0 Å². The van der Waals surface area contributed by atoms with Crippen LogP contribution in [-0.4, -0.2) is 13.2 Å². The molecule has 0 unspecified atom stereocenters. The summed E-state index contributed by atoms with van der Waals surface area (Å²) in [6, 6.07) is 17.0. The number of rotatable bonds is 8. The fourth-order valence-corrected chi connectivity index (χ4v) is 2.69. The van der Waals surface area contributed by atoms with Crippen LogP contribution < -0.4 is 0 Å². The van der Waals surface area contributed by atoms with E-state index in [-0.39, 0.29) is 0 Å². The van der Waals surface area contributed by atoms with Crippen molar-refractivity contribution in [1.82, 2.24) is 0 Å². The van der Waals surface area contributed by atoms with Crippen molar-refractivity contribution < 1.29 is 4.74 Å². The molecule has 0 heterocycles. The fourth-order valence-electron chi connectivity index (χ4n) is 2.16. The molecule has 0 bridgehead atoms. The van der Waals surface area contributed by atoms with Crippen molar-refractivity contribution in [2.75, 3.05) is 13.2 Å². The average molecular weight is 412 g/mol. The summed E-state index contributed by atoms with van der Waals surface area (Å²) in [6.45, 7) is 1.69. The Balaban J connectivity index is 1.52.